The Morgan fingerprint density at radius 2 is 1.12 bits per heavy atom. The summed E-state index contributed by atoms with van der Waals surface area (Å²) in [5.41, 5.74) is 5.14. The standard InChI is InChI=1S/C8H19N.C4H11N.2ClH/c1-3-5-7-9-8-6-4-2;1-2-3-4-5;;/h9H,3-8H2,1-2H3;2-5H2,1H3;2*1H. The van der Waals surface area contributed by atoms with Gasteiger partial charge in [0, 0.05) is 0 Å². The molecule has 0 aliphatic heterocycles. The van der Waals surface area contributed by atoms with Crippen LogP contribution in [0.3, 0.4) is 0 Å². The van der Waals surface area contributed by atoms with Crippen molar-refractivity contribution in [1.82, 2.24) is 5.32 Å². The van der Waals surface area contributed by atoms with Crippen LogP contribution in [0.4, 0.5) is 0 Å². The van der Waals surface area contributed by atoms with Gasteiger partial charge in [-0.1, -0.05) is 40.0 Å². The third-order valence-electron chi connectivity index (χ3n) is 1.97. The van der Waals surface area contributed by atoms with E-state index < -0.39 is 0 Å². The van der Waals surface area contributed by atoms with Crippen molar-refractivity contribution in [3.8, 4) is 0 Å². The number of hydrogen-bond acceptors (Lipinski definition) is 2. The second-order valence-electron chi connectivity index (χ2n) is 3.60. The molecule has 0 spiro atoms. The number of nitrogens with one attached hydrogen (secondary N) is 1. The second kappa shape index (κ2) is 29.6. The summed E-state index contributed by atoms with van der Waals surface area (Å²) in [5, 5.41) is 3.39. The van der Waals surface area contributed by atoms with Crippen molar-refractivity contribution < 1.29 is 0 Å². The Labute approximate surface area is 115 Å². The molecule has 3 N–H and O–H groups in total. The molecule has 0 rings (SSSR count). The molecular formula is C12H32Cl2N2. The predicted molar refractivity (Wildman–Crippen MR) is 81.1 cm³/mol. The van der Waals surface area contributed by atoms with Crippen LogP contribution < -0.4 is 11.1 Å². The van der Waals surface area contributed by atoms with Crippen molar-refractivity contribution in [2.45, 2.75) is 59.3 Å². The molecular weight excluding hydrogens is 243 g/mol. The summed E-state index contributed by atoms with van der Waals surface area (Å²) in [7, 11) is 0. The summed E-state index contributed by atoms with van der Waals surface area (Å²) in [4.78, 5) is 0. The molecule has 0 fully saturated rings. The van der Waals surface area contributed by atoms with E-state index in [0.717, 1.165) is 6.54 Å². The van der Waals surface area contributed by atoms with Crippen LogP contribution in [0.2, 0.25) is 0 Å². The molecule has 0 radical (unpaired) electrons. The van der Waals surface area contributed by atoms with E-state index in [4.69, 9.17) is 5.73 Å². The number of hydrogen-bond donors (Lipinski definition) is 2. The molecule has 2 nitrogen and oxygen atoms in total. The zero-order valence-corrected chi connectivity index (χ0v) is 12.9. The lowest BCUT2D eigenvalue weighted by atomic mass is 10.3. The average Bonchev–Trinajstić information content (AvgIpc) is 2.20. The van der Waals surface area contributed by atoms with Gasteiger partial charge in [-0.15, -0.1) is 24.8 Å². The third-order valence-corrected chi connectivity index (χ3v) is 1.97. The third kappa shape index (κ3) is 36.6. The Kier molecular flexibility index (Phi) is 46.9. The van der Waals surface area contributed by atoms with Gasteiger partial charge in [0.2, 0.25) is 0 Å². The van der Waals surface area contributed by atoms with Crippen LogP contribution in [-0.4, -0.2) is 19.6 Å². The quantitative estimate of drug-likeness (QED) is 0.662. The summed E-state index contributed by atoms with van der Waals surface area (Å²) < 4.78 is 0. The highest BCUT2D eigenvalue weighted by atomic mass is 35.5. The summed E-state index contributed by atoms with van der Waals surface area (Å²) in [6, 6.07) is 0. The molecule has 0 aliphatic rings. The zero-order chi connectivity index (χ0) is 11.1. The molecule has 0 aromatic heterocycles. The summed E-state index contributed by atoms with van der Waals surface area (Å²) in [6.07, 6.45) is 7.64. The first-order chi connectivity index (χ1) is 6.83. The molecule has 0 bridgehead atoms. The summed E-state index contributed by atoms with van der Waals surface area (Å²) >= 11 is 0. The average molecular weight is 275 g/mol. The number of halogens is 2. The van der Waals surface area contributed by atoms with Crippen LogP contribution in [0.15, 0.2) is 0 Å². The first-order valence-electron chi connectivity index (χ1n) is 6.24. The molecule has 0 amide bonds. The number of nitrogens with two attached hydrogens (primary N) is 1. The smallest absolute Gasteiger partial charge is 0.00490 e. The Morgan fingerprint density at radius 3 is 1.31 bits per heavy atom. The first kappa shape index (κ1) is 25.4. The van der Waals surface area contributed by atoms with Crippen molar-refractivity contribution in [2.24, 2.45) is 5.73 Å². The second-order valence-corrected chi connectivity index (χ2v) is 3.60. The molecule has 16 heavy (non-hydrogen) atoms. The fourth-order valence-electron chi connectivity index (χ4n) is 0.933. The van der Waals surface area contributed by atoms with Gasteiger partial charge in [0.25, 0.3) is 0 Å². The largest absolute Gasteiger partial charge is 0.330 e. The van der Waals surface area contributed by atoms with Crippen LogP contribution in [0.1, 0.15) is 59.3 Å². The lowest BCUT2D eigenvalue weighted by Crippen LogP contribution is -2.15. The van der Waals surface area contributed by atoms with Crippen molar-refractivity contribution in [1.29, 1.82) is 0 Å². The molecule has 0 atom stereocenters. The van der Waals surface area contributed by atoms with E-state index in [9.17, 15) is 0 Å². The SMILES string of the molecule is CCCCN.CCCCNCCCC.Cl.Cl. The minimum Gasteiger partial charge on any atom is -0.330 e. The van der Waals surface area contributed by atoms with E-state index in [-0.39, 0.29) is 24.8 Å². The number of rotatable bonds is 8. The fourth-order valence-corrected chi connectivity index (χ4v) is 0.933. The molecule has 0 saturated heterocycles. The lowest BCUT2D eigenvalue weighted by molar-refractivity contribution is 0.611. The van der Waals surface area contributed by atoms with Crippen LogP contribution in [0, 0.1) is 0 Å². The lowest BCUT2D eigenvalue weighted by Gasteiger charge is -1.99. The van der Waals surface area contributed by atoms with Crippen LogP contribution >= 0.6 is 24.8 Å². The molecule has 0 unspecified atom stereocenters. The van der Waals surface area contributed by atoms with E-state index in [2.05, 4.69) is 26.1 Å². The first-order valence-corrected chi connectivity index (χ1v) is 6.24. The van der Waals surface area contributed by atoms with Gasteiger partial charge < -0.3 is 11.1 Å². The van der Waals surface area contributed by atoms with E-state index in [1.807, 2.05) is 0 Å². The molecule has 0 heterocycles. The molecule has 0 aromatic rings. The Bertz CT molecular complexity index is 75.4. The molecule has 4 heteroatoms. The van der Waals surface area contributed by atoms with Crippen molar-refractivity contribution in [3.05, 3.63) is 0 Å². The van der Waals surface area contributed by atoms with Crippen molar-refractivity contribution in [2.75, 3.05) is 19.6 Å². The van der Waals surface area contributed by atoms with Crippen LogP contribution in [0.25, 0.3) is 0 Å². The maximum Gasteiger partial charge on any atom is -0.00490 e. The van der Waals surface area contributed by atoms with Gasteiger partial charge in [0.05, 0.1) is 0 Å². The van der Waals surface area contributed by atoms with E-state index in [1.165, 1.54) is 51.6 Å². The molecule has 0 saturated carbocycles. The van der Waals surface area contributed by atoms with Gasteiger partial charge in [-0.2, -0.15) is 0 Å². The normalized spacial score (nSPS) is 8.25. The van der Waals surface area contributed by atoms with Gasteiger partial charge in [0.15, 0.2) is 0 Å². The minimum atomic E-state index is 0. The molecule has 104 valence electrons. The maximum atomic E-state index is 5.14. The van der Waals surface area contributed by atoms with E-state index >= 15 is 0 Å². The van der Waals surface area contributed by atoms with Gasteiger partial charge in [0.1, 0.15) is 0 Å². The molecule has 0 aliphatic carbocycles. The summed E-state index contributed by atoms with van der Waals surface area (Å²) in [6.45, 7) is 9.83. The highest BCUT2D eigenvalue weighted by molar-refractivity contribution is 5.85. The zero-order valence-electron chi connectivity index (χ0n) is 11.3. The molecule has 0 aromatic carbocycles. The van der Waals surface area contributed by atoms with Crippen molar-refractivity contribution in [3.63, 3.8) is 0 Å². The van der Waals surface area contributed by atoms with Crippen molar-refractivity contribution >= 4 is 24.8 Å². The Morgan fingerprint density at radius 1 is 0.750 bits per heavy atom. The maximum absolute atomic E-state index is 5.14. The minimum absolute atomic E-state index is 0. The number of unbranched alkanes of at least 4 members (excludes halogenated alkanes) is 3. The van der Waals surface area contributed by atoms with Crippen LogP contribution in [0.5, 0.6) is 0 Å². The Hall–Kier alpha value is 0.500. The van der Waals surface area contributed by atoms with Gasteiger partial charge in [-0.3, -0.25) is 0 Å². The van der Waals surface area contributed by atoms with Crippen LogP contribution in [-0.2, 0) is 0 Å². The predicted octanol–water partition coefficient (Wildman–Crippen LogP) is 3.77. The fraction of sp³-hybridized carbons (Fsp3) is 1.00. The highest BCUT2D eigenvalue weighted by Gasteiger charge is 1.83. The highest BCUT2D eigenvalue weighted by Crippen LogP contribution is 1.85. The monoisotopic (exact) mass is 274 g/mol. The topological polar surface area (TPSA) is 38.0 Å². The van der Waals surface area contributed by atoms with Gasteiger partial charge in [-0.25, -0.2) is 0 Å². The van der Waals surface area contributed by atoms with Gasteiger partial charge >= 0.3 is 0 Å². The summed E-state index contributed by atoms with van der Waals surface area (Å²) in [5.74, 6) is 0. The van der Waals surface area contributed by atoms with E-state index in [0.29, 0.717) is 0 Å². The van der Waals surface area contributed by atoms with Gasteiger partial charge in [-0.05, 0) is 38.9 Å². The Balaban J connectivity index is -0.0000000904. The van der Waals surface area contributed by atoms with E-state index in [1.54, 1.807) is 0 Å².